The van der Waals surface area contributed by atoms with Gasteiger partial charge < -0.3 is 30.5 Å². The molecule has 4 aromatic carbocycles. The third-order valence-corrected chi connectivity index (χ3v) is 10.4. The molecule has 1 spiro atoms. The van der Waals surface area contributed by atoms with Crippen molar-refractivity contribution in [2.24, 2.45) is 5.41 Å². The van der Waals surface area contributed by atoms with Crippen LogP contribution in [0.2, 0.25) is 10.0 Å². The fraction of sp³-hybridized carbons (Fsp3) is 0.333. The number of carbonyl (C=O) groups excluding carboxylic acids is 1. The van der Waals surface area contributed by atoms with Crippen LogP contribution in [0, 0.1) is 11.2 Å². The lowest BCUT2D eigenvalue weighted by molar-refractivity contribution is -0.118. The number of halogens is 3. The lowest BCUT2D eigenvalue weighted by Gasteiger charge is -2.40. The standard InChI is InChI=1S/C39H40Cl2FN3O5/c1-38(2,3)18-32-39(21-45(30-17-25(40)13-14-27(30)39)19-22-8-10-23(20-46)11-9-22)33(26-6-5-7-28(41)34(26)42)35(44-32)36(47)43-29-15-12-24(37(48)49)16-31(29)50-4/h5-17,32-33,35,44,46H,18-21H2,1-4H3,(H,43,47)(H,48,49)/t32-,33-,35+,39-/m0/s1. The van der Waals surface area contributed by atoms with E-state index in [1.165, 1.54) is 31.4 Å². The van der Waals surface area contributed by atoms with E-state index in [1.807, 2.05) is 42.5 Å². The molecule has 2 aliphatic rings. The molecule has 50 heavy (non-hydrogen) atoms. The van der Waals surface area contributed by atoms with Crippen molar-refractivity contribution >= 4 is 46.5 Å². The minimum atomic E-state index is -1.13. The largest absolute Gasteiger partial charge is 0.495 e. The Morgan fingerprint density at radius 3 is 2.42 bits per heavy atom. The summed E-state index contributed by atoms with van der Waals surface area (Å²) in [7, 11) is 1.40. The highest BCUT2D eigenvalue weighted by molar-refractivity contribution is 6.31. The van der Waals surface area contributed by atoms with E-state index in [0.29, 0.717) is 30.1 Å². The van der Waals surface area contributed by atoms with Gasteiger partial charge >= 0.3 is 5.97 Å². The highest BCUT2D eigenvalue weighted by atomic mass is 35.5. The number of aliphatic hydroxyl groups is 1. The molecule has 4 aromatic rings. The van der Waals surface area contributed by atoms with Gasteiger partial charge in [0.1, 0.15) is 11.6 Å². The van der Waals surface area contributed by atoms with E-state index in [4.69, 9.17) is 27.9 Å². The lowest BCUT2D eigenvalue weighted by atomic mass is 9.63. The fourth-order valence-electron chi connectivity index (χ4n) is 7.73. The Labute approximate surface area is 301 Å². The predicted octanol–water partition coefficient (Wildman–Crippen LogP) is 7.79. The molecule has 1 saturated heterocycles. The zero-order valence-electron chi connectivity index (χ0n) is 28.3. The first-order valence-corrected chi connectivity index (χ1v) is 17.2. The highest BCUT2D eigenvalue weighted by Gasteiger charge is 2.63. The zero-order valence-corrected chi connectivity index (χ0v) is 29.8. The van der Waals surface area contributed by atoms with Crippen molar-refractivity contribution in [3.63, 3.8) is 0 Å². The number of carboxylic acid groups (broad SMARTS) is 1. The van der Waals surface area contributed by atoms with Gasteiger partial charge in [0.15, 0.2) is 0 Å². The Morgan fingerprint density at radius 1 is 1.04 bits per heavy atom. The number of aliphatic hydroxyl groups excluding tert-OH is 1. The van der Waals surface area contributed by atoms with E-state index in [9.17, 15) is 19.8 Å². The second-order valence-electron chi connectivity index (χ2n) is 14.3. The number of fused-ring (bicyclic) bond motifs is 2. The predicted molar refractivity (Wildman–Crippen MR) is 194 cm³/mol. The molecule has 0 aliphatic carbocycles. The number of nitrogens with zero attached hydrogens (tertiary/aromatic N) is 1. The summed E-state index contributed by atoms with van der Waals surface area (Å²) >= 11 is 13.1. The van der Waals surface area contributed by atoms with E-state index in [-0.39, 0.29) is 40.1 Å². The molecule has 2 aliphatic heterocycles. The van der Waals surface area contributed by atoms with Crippen LogP contribution in [0.3, 0.4) is 0 Å². The maximum absolute atomic E-state index is 16.4. The average Bonchev–Trinajstić information content (AvgIpc) is 3.55. The summed E-state index contributed by atoms with van der Waals surface area (Å²) in [6.45, 7) is 7.30. The van der Waals surface area contributed by atoms with Crippen molar-refractivity contribution in [2.45, 2.75) is 63.8 Å². The number of hydrogen-bond donors (Lipinski definition) is 4. The van der Waals surface area contributed by atoms with Crippen molar-refractivity contribution in [3.05, 3.63) is 123 Å². The van der Waals surface area contributed by atoms with E-state index in [0.717, 1.165) is 22.4 Å². The molecule has 8 nitrogen and oxygen atoms in total. The first-order chi connectivity index (χ1) is 23.7. The molecule has 0 aromatic heterocycles. The third kappa shape index (κ3) is 6.67. The Kier molecular flexibility index (Phi) is 9.89. The molecule has 11 heteroatoms. The molecule has 262 valence electrons. The second kappa shape index (κ2) is 13.9. The molecule has 0 radical (unpaired) electrons. The topological polar surface area (TPSA) is 111 Å². The number of nitrogens with one attached hydrogen (secondary N) is 2. The van der Waals surface area contributed by atoms with Gasteiger partial charge in [-0.1, -0.05) is 86.4 Å². The molecular weight excluding hydrogens is 680 g/mol. The Bertz CT molecular complexity index is 1930. The lowest BCUT2D eigenvalue weighted by Crippen LogP contribution is -2.48. The monoisotopic (exact) mass is 719 g/mol. The molecule has 0 unspecified atom stereocenters. The van der Waals surface area contributed by atoms with Crippen LogP contribution in [-0.4, -0.2) is 47.8 Å². The summed E-state index contributed by atoms with van der Waals surface area (Å²) in [5.41, 5.74) is 3.24. The Balaban J connectivity index is 1.52. The number of anilines is 2. The van der Waals surface area contributed by atoms with E-state index >= 15 is 4.39 Å². The van der Waals surface area contributed by atoms with Gasteiger partial charge in [-0.05, 0) is 70.5 Å². The smallest absolute Gasteiger partial charge is 0.335 e. The number of amides is 1. The summed E-state index contributed by atoms with van der Waals surface area (Å²) < 4.78 is 21.9. The third-order valence-electron chi connectivity index (χ3n) is 9.85. The minimum absolute atomic E-state index is 0.00854. The first-order valence-electron chi connectivity index (χ1n) is 16.4. The molecular formula is C39H40Cl2FN3O5. The zero-order chi connectivity index (χ0) is 36.0. The van der Waals surface area contributed by atoms with Gasteiger partial charge in [0.25, 0.3) is 0 Å². The van der Waals surface area contributed by atoms with E-state index < -0.39 is 35.1 Å². The van der Waals surface area contributed by atoms with Gasteiger partial charge in [-0.25, -0.2) is 9.18 Å². The summed E-state index contributed by atoms with van der Waals surface area (Å²) in [4.78, 5) is 28.4. The van der Waals surface area contributed by atoms with Crippen LogP contribution < -0.4 is 20.3 Å². The normalized spacial score (nSPS) is 21.4. The SMILES string of the molecule is COc1cc(C(=O)O)ccc1NC(=O)[C@@H]1N[C@@H](CC(C)(C)C)[C@@]2(CN(Cc3ccc(CO)cc3)c3cc(Cl)ccc32)[C@H]1c1cccc(Cl)c1F. The number of ether oxygens (including phenoxy) is 1. The van der Waals surface area contributed by atoms with Crippen LogP contribution >= 0.6 is 23.2 Å². The Morgan fingerprint density at radius 2 is 1.76 bits per heavy atom. The van der Waals surface area contributed by atoms with Crippen molar-refractivity contribution in [1.29, 1.82) is 0 Å². The number of carbonyl (C=O) groups is 2. The number of hydrogen-bond acceptors (Lipinski definition) is 6. The van der Waals surface area contributed by atoms with Crippen molar-refractivity contribution < 1.29 is 28.9 Å². The van der Waals surface area contributed by atoms with Crippen LogP contribution in [0.25, 0.3) is 0 Å². The number of rotatable bonds is 9. The Hall–Kier alpha value is -4.15. The molecule has 0 saturated carbocycles. The maximum atomic E-state index is 16.4. The highest BCUT2D eigenvalue weighted by Crippen LogP contribution is 2.58. The van der Waals surface area contributed by atoms with Crippen LogP contribution in [0.5, 0.6) is 5.75 Å². The molecule has 1 amide bonds. The van der Waals surface area contributed by atoms with Crippen LogP contribution in [0.1, 0.15) is 65.7 Å². The van der Waals surface area contributed by atoms with Gasteiger partial charge in [0.05, 0.1) is 36.0 Å². The van der Waals surface area contributed by atoms with E-state index in [1.54, 1.807) is 12.1 Å². The first kappa shape index (κ1) is 35.7. The summed E-state index contributed by atoms with van der Waals surface area (Å²) in [6.07, 6.45) is 0.646. The van der Waals surface area contributed by atoms with Crippen LogP contribution in [-0.2, 0) is 23.4 Å². The van der Waals surface area contributed by atoms with Crippen LogP contribution in [0.4, 0.5) is 15.8 Å². The second-order valence-corrected chi connectivity index (χ2v) is 15.2. The molecule has 2 heterocycles. The molecule has 0 bridgehead atoms. The van der Waals surface area contributed by atoms with Gasteiger partial charge in [-0.2, -0.15) is 0 Å². The maximum Gasteiger partial charge on any atom is 0.335 e. The van der Waals surface area contributed by atoms with Gasteiger partial charge in [-0.3, -0.25) is 4.79 Å². The van der Waals surface area contributed by atoms with Gasteiger partial charge in [-0.15, -0.1) is 0 Å². The summed E-state index contributed by atoms with van der Waals surface area (Å²) in [5, 5.41) is 26.3. The minimum Gasteiger partial charge on any atom is -0.495 e. The summed E-state index contributed by atoms with van der Waals surface area (Å²) in [6, 6.07) is 21.4. The number of methoxy groups -OCH3 is 1. The number of benzene rings is 4. The molecule has 4 atom stereocenters. The molecule has 1 fully saturated rings. The van der Waals surface area contributed by atoms with Crippen molar-refractivity contribution in [2.75, 3.05) is 23.9 Å². The fourth-order valence-corrected chi connectivity index (χ4v) is 8.08. The quantitative estimate of drug-likeness (QED) is 0.140. The summed E-state index contributed by atoms with van der Waals surface area (Å²) in [5.74, 6) is -2.70. The number of carboxylic acids is 1. The molecule has 6 rings (SSSR count). The van der Waals surface area contributed by atoms with Crippen LogP contribution in [0.15, 0.2) is 78.9 Å². The van der Waals surface area contributed by atoms with Gasteiger partial charge in [0.2, 0.25) is 5.91 Å². The van der Waals surface area contributed by atoms with Gasteiger partial charge in [0, 0.05) is 41.2 Å². The number of aromatic carboxylic acids is 1. The van der Waals surface area contributed by atoms with E-state index in [2.05, 4.69) is 36.3 Å². The van der Waals surface area contributed by atoms with Crippen molar-refractivity contribution in [3.8, 4) is 5.75 Å². The molecule has 4 N–H and O–H groups in total. The van der Waals surface area contributed by atoms with Crippen molar-refractivity contribution in [1.82, 2.24) is 5.32 Å². The average molecular weight is 721 g/mol.